The predicted octanol–water partition coefficient (Wildman–Crippen LogP) is 3.02. The Hall–Kier alpha value is -0.450. The van der Waals surface area contributed by atoms with Crippen molar-refractivity contribution in [2.24, 2.45) is 0 Å². The van der Waals surface area contributed by atoms with E-state index < -0.39 is 0 Å². The Morgan fingerprint density at radius 1 is 1.50 bits per heavy atom. The molecule has 18 heavy (non-hydrogen) atoms. The Bertz CT molecular complexity index is 381. The molecule has 0 saturated carbocycles. The summed E-state index contributed by atoms with van der Waals surface area (Å²) in [5.74, 6) is 0. The molecule has 102 valence electrons. The lowest BCUT2D eigenvalue weighted by Gasteiger charge is -2.20. The van der Waals surface area contributed by atoms with Gasteiger partial charge in [0.25, 0.3) is 0 Å². The molecule has 0 amide bonds. The minimum Gasteiger partial charge on any atom is -0.306 e. The highest BCUT2D eigenvalue weighted by molar-refractivity contribution is 7.09. The molecule has 0 spiro atoms. The van der Waals surface area contributed by atoms with Gasteiger partial charge in [-0.15, -0.1) is 11.3 Å². The van der Waals surface area contributed by atoms with Gasteiger partial charge in [0.15, 0.2) is 0 Å². The largest absolute Gasteiger partial charge is 0.306 e. The number of aromatic nitrogens is 1. The SMILES string of the molecule is CC1CCCN1Cc1csc(CNC(C)(C)C)n1. The van der Waals surface area contributed by atoms with E-state index in [0.717, 1.165) is 19.1 Å². The molecule has 1 unspecified atom stereocenters. The summed E-state index contributed by atoms with van der Waals surface area (Å²) in [6.45, 7) is 12.0. The molecule has 1 aromatic rings. The standard InChI is InChI=1S/C14H25N3S/c1-11-6-5-7-17(11)9-12-10-18-13(16-12)8-15-14(2,3)4/h10-11,15H,5-9H2,1-4H3. The van der Waals surface area contributed by atoms with Crippen LogP contribution in [0.15, 0.2) is 5.38 Å². The quantitative estimate of drug-likeness (QED) is 0.909. The average molecular weight is 267 g/mol. The zero-order chi connectivity index (χ0) is 13.2. The summed E-state index contributed by atoms with van der Waals surface area (Å²) < 4.78 is 0. The highest BCUT2D eigenvalue weighted by Gasteiger charge is 2.21. The van der Waals surface area contributed by atoms with Crippen LogP contribution in [0.2, 0.25) is 0 Å². The molecule has 1 aromatic heterocycles. The van der Waals surface area contributed by atoms with Gasteiger partial charge in [0, 0.05) is 30.1 Å². The van der Waals surface area contributed by atoms with Gasteiger partial charge in [-0.3, -0.25) is 4.90 Å². The predicted molar refractivity (Wildman–Crippen MR) is 77.8 cm³/mol. The minimum absolute atomic E-state index is 0.162. The lowest BCUT2D eigenvalue weighted by atomic mass is 10.1. The molecular formula is C14H25N3S. The number of rotatable bonds is 4. The fourth-order valence-electron chi connectivity index (χ4n) is 2.28. The van der Waals surface area contributed by atoms with Crippen molar-refractivity contribution in [3.8, 4) is 0 Å². The highest BCUT2D eigenvalue weighted by Crippen LogP contribution is 2.20. The van der Waals surface area contributed by atoms with Gasteiger partial charge in [-0.2, -0.15) is 0 Å². The summed E-state index contributed by atoms with van der Waals surface area (Å²) in [7, 11) is 0. The highest BCUT2D eigenvalue weighted by atomic mass is 32.1. The van der Waals surface area contributed by atoms with Gasteiger partial charge in [0.2, 0.25) is 0 Å². The van der Waals surface area contributed by atoms with Crippen LogP contribution in [0.25, 0.3) is 0 Å². The molecule has 2 rings (SSSR count). The lowest BCUT2D eigenvalue weighted by molar-refractivity contribution is 0.257. The fourth-order valence-corrected chi connectivity index (χ4v) is 3.00. The van der Waals surface area contributed by atoms with E-state index in [2.05, 4.69) is 43.3 Å². The van der Waals surface area contributed by atoms with Crippen molar-refractivity contribution in [3.05, 3.63) is 16.1 Å². The third-order valence-corrected chi connectivity index (χ3v) is 4.32. The van der Waals surface area contributed by atoms with E-state index in [1.165, 1.54) is 30.1 Å². The Balaban J connectivity index is 1.86. The first-order valence-corrected chi connectivity index (χ1v) is 7.74. The molecule has 0 aromatic carbocycles. The van der Waals surface area contributed by atoms with Crippen molar-refractivity contribution in [2.45, 2.75) is 65.2 Å². The van der Waals surface area contributed by atoms with E-state index in [0.29, 0.717) is 0 Å². The maximum Gasteiger partial charge on any atom is 0.107 e. The maximum absolute atomic E-state index is 4.73. The second kappa shape index (κ2) is 5.68. The Morgan fingerprint density at radius 2 is 2.28 bits per heavy atom. The summed E-state index contributed by atoms with van der Waals surface area (Å²) in [5.41, 5.74) is 1.40. The molecule has 0 aliphatic carbocycles. The molecule has 1 atom stereocenters. The van der Waals surface area contributed by atoms with Crippen molar-refractivity contribution >= 4 is 11.3 Å². The van der Waals surface area contributed by atoms with Gasteiger partial charge >= 0.3 is 0 Å². The van der Waals surface area contributed by atoms with Gasteiger partial charge in [-0.1, -0.05) is 0 Å². The van der Waals surface area contributed by atoms with E-state index in [9.17, 15) is 0 Å². The van der Waals surface area contributed by atoms with E-state index >= 15 is 0 Å². The van der Waals surface area contributed by atoms with Crippen molar-refractivity contribution in [1.29, 1.82) is 0 Å². The van der Waals surface area contributed by atoms with E-state index in [1.807, 2.05) is 0 Å². The summed E-state index contributed by atoms with van der Waals surface area (Å²) in [4.78, 5) is 7.26. The first-order valence-electron chi connectivity index (χ1n) is 6.86. The van der Waals surface area contributed by atoms with Crippen LogP contribution in [0.1, 0.15) is 51.2 Å². The molecule has 4 heteroatoms. The van der Waals surface area contributed by atoms with Crippen LogP contribution in [-0.2, 0) is 13.1 Å². The van der Waals surface area contributed by atoms with Crippen LogP contribution in [0, 0.1) is 0 Å². The molecule has 0 bridgehead atoms. The molecule has 3 nitrogen and oxygen atoms in total. The first kappa shape index (κ1) is 14.0. The Kier molecular flexibility index (Phi) is 4.41. The molecule has 2 heterocycles. The van der Waals surface area contributed by atoms with Crippen LogP contribution < -0.4 is 5.32 Å². The molecule has 1 fully saturated rings. The summed E-state index contributed by atoms with van der Waals surface area (Å²) in [6, 6.07) is 0.725. The second-order valence-electron chi connectivity index (χ2n) is 6.30. The smallest absolute Gasteiger partial charge is 0.107 e. The number of hydrogen-bond donors (Lipinski definition) is 1. The topological polar surface area (TPSA) is 28.2 Å². The van der Waals surface area contributed by atoms with E-state index in [4.69, 9.17) is 4.98 Å². The Labute approximate surface area is 115 Å². The van der Waals surface area contributed by atoms with Crippen molar-refractivity contribution in [1.82, 2.24) is 15.2 Å². The summed E-state index contributed by atoms with van der Waals surface area (Å²) >= 11 is 1.77. The first-order chi connectivity index (χ1) is 8.44. The molecule has 1 aliphatic heterocycles. The van der Waals surface area contributed by atoms with Crippen molar-refractivity contribution < 1.29 is 0 Å². The van der Waals surface area contributed by atoms with Crippen LogP contribution >= 0.6 is 11.3 Å². The summed E-state index contributed by atoms with van der Waals surface area (Å²) in [5, 5.41) is 6.90. The number of thiazole rings is 1. The number of likely N-dealkylation sites (tertiary alicyclic amines) is 1. The van der Waals surface area contributed by atoms with Gasteiger partial charge in [-0.05, 0) is 47.1 Å². The molecule has 1 aliphatic rings. The van der Waals surface area contributed by atoms with Crippen LogP contribution in [0.5, 0.6) is 0 Å². The van der Waals surface area contributed by atoms with Crippen LogP contribution in [-0.4, -0.2) is 28.0 Å². The van der Waals surface area contributed by atoms with Gasteiger partial charge in [0.1, 0.15) is 5.01 Å². The monoisotopic (exact) mass is 267 g/mol. The maximum atomic E-state index is 4.73. The third-order valence-electron chi connectivity index (χ3n) is 3.42. The fraction of sp³-hybridized carbons (Fsp3) is 0.786. The summed E-state index contributed by atoms with van der Waals surface area (Å²) in [6.07, 6.45) is 2.67. The zero-order valence-corrected chi connectivity index (χ0v) is 12.8. The minimum atomic E-state index is 0.162. The molecular weight excluding hydrogens is 242 g/mol. The van der Waals surface area contributed by atoms with Crippen molar-refractivity contribution in [3.63, 3.8) is 0 Å². The third kappa shape index (κ3) is 4.04. The van der Waals surface area contributed by atoms with Crippen molar-refractivity contribution in [2.75, 3.05) is 6.54 Å². The molecule has 1 saturated heterocycles. The van der Waals surface area contributed by atoms with Gasteiger partial charge in [0.05, 0.1) is 5.69 Å². The molecule has 0 radical (unpaired) electrons. The normalized spacial score (nSPS) is 21.7. The number of hydrogen-bond acceptors (Lipinski definition) is 4. The van der Waals surface area contributed by atoms with E-state index in [1.54, 1.807) is 11.3 Å². The number of nitrogens with one attached hydrogen (secondary N) is 1. The lowest BCUT2D eigenvalue weighted by Crippen LogP contribution is -2.35. The van der Waals surface area contributed by atoms with E-state index in [-0.39, 0.29) is 5.54 Å². The van der Waals surface area contributed by atoms with Gasteiger partial charge < -0.3 is 5.32 Å². The number of nitrogens with zero attached hydrogens (tertiary/aromatic N) is 2. The van der Waals surface area contributed by atoms with Crippen LogP contribution in [0.3, 0.4) is 0 Å². The Morgan fingerprint density at radius 3 is 2.89 bits per heavy atom. The van der Waals surface area contributed by atoms with Gasteiger partial charge in [-0.25, -0.2) is 4.98 Å². The average Bonchev–Trinajstić information content (AvgIpc) is 2.86. The molecule has 1 N–H and O–H groups in total. The second-order valence-corrected chi connectivity index (χ2v) is 7.24. The van der Waals surface area contributed by atoms with Crippen LogP contribution in [0.4, 0.5) is 0 Å². The zero-order valence-electron chi connectivity index (χ0n) is 12.0.